The molecule has 3 aromatic rings. The molecule has 1 aliphatic rings. The third kappa shape index (κ3) is 4.64. The van der Waals surface area contributed by atoms with Gasteiger partial charge < -0.3 is 15.1 Å². The first-order chi connectivity index (χ1) is 14.9. The lowest BCUT2D eigenvalue weighted by Crippen LogP contribution is -2.30. The highest BCUT2D eigenvalue weighted by Crippen LogP contribution is 2.33. The van der Waals surface area contributed by atoms with E-state index in [2.05, 4.69) is 29.7 Å². The summed E-state index contributed by atoms with van der Waals surface area (Å²) in [5, 5.41) is 17.3. The Labute approximate surface area is 183 Å². The van der Waals surface area contributed by atoms with Gasteiger partial charge in [0.25, 0.3) is 11.6 Å². The average Bonchev–Trinajstić information content (AvgIpc) is 3.35. The minimum Gasteiger partial charge on any atom is -0.457 e. The summed E-state index contributed by atoms with van der Waals surface area (Å²) in [6.07, 6.45) is 2.65. The Balaban J connectivity index is 1.49. The maximum Gasteiger partial charge on any atom is 0.270 e. The van der Waals surface area contributed by atoms with Crippen molar-refractivity contribution in [2.45, 2.75) is 25.8 Å². The number of carbonyl (C=O) groups is 1. The summed E-state index contributed by atoms with van der Waals surface area (Å²) in [5.74, 6) is 0.839. The van der Waals surface area contributed by atoms with Gasteiger partial charge >= 0.3 is 0 Å². The highest BCUT2D eigenvalue weighted by Gasteiger charge is 2.27. The van der Waals surface area contributed by atoms with Gasteiger partial charge in [-0.05, 0) is 48.7 Å². The van der Waals surface area contributed by atoms with Crippen molar-refractivity contribution in [3.63, 3.8) is 0 Å². The lowest BCUT2D eigenvalue weighted by atomic mass is 10.1. The van der Waals surface area contributed by atoms with Crippen molar-refractivity contribution >= 4 is 35.1 Å². The van der Waals surface area contributed by atoms with Crippen molar-refractivity contribution in [2.24, 2.45) is 0 Å². The van der Waals surface area contributed by atoms with Gasteiger partial charge in [0.1, 0.15) is 11.5 Å². The molecule has 8 heteroatoms. The molecule has 0 radical (unpaired) electrons. The minimum atomic E-state index is -0.433. The van der Waals surface area contributed by atoms with Crippen LogP contribution in [0.3, 0.4) is 0 Å². The van der Waals surface area contributed by atoms with Crippen LogP contribution in [0, 0.1) is 17.0 Å². The number of furan rings is 1. The minimum absolute atomic E-state index is 0.00326. The predicted molar refractivity (Wildman–Crippen MR) is 122 cm³/mol. The summed E-state index contributed by atoms with van der Waals surface area (Å²) >= 11 is 1.37. The molecule has 31 heavy (non-hydrogen) atoms. The second-order valence-electron chi connectivity index (χ2n) is 7.13. The zero-order valence-corrected chi connectivity index (χ0v) is 17.9. The average molecular weight is 436 g/mol. The van der Waals surface area contributed by atoms with Gasteiger partial charge in [0.05, 0.1) is 9.83 Å². The van der Waals surface area contributed by atoms with E-state index in [1.54, 1.807) is 24.3 Å². The summed E-state index contributed by atoms with van der Waals surface area (Å²) in [4.78, 5) is 23.5. The van der Waals surface area contributed by atoms with Crippen molar-refractivity contribution in [3.05, 3.63) is 86.5 Å². The molecule has 4 rings (SSSR count). The second-order valence-corrected chi connectivity index (χ2v) is 8.28. The Bertz CT molecular complexity index is 1170. The van der Waals surface area contributed by atoms with Crippen molar-refractivity contribution in [3.8, 4) is 11.3 Å². The molecule has 1 fully saturated rings. The molecule has 0 spiro atoms. The number of non-ortho nitro benzene ring substituents is 1. The molecule has 0 unspecified atom stereocenters. The Morgan fingerprint density at radius 3 is 2.68 bits per heavy atom. The van der Waals surface area contributed by atoms with Gasteiger partial charge in [0.15, 0.2) is 5.50 Å². The summed E-state index contributed by atoms with van der Waals surface area (Å²) in [6, 6.07) is 16.2. The molecule has 2 N–H and O–H groups in total. The number of nitrogens with one attached hydrogen (secondary N) is 2. The number of rotatable bonds is 6. The molecule has 0 saturated carbocycles. The van der Waals surface area contributed by atoms with Gasteiger partial charge in [-0.1, -0.05) is 36.9 Å². The van der Waals surface area contributed by atoms with Crippen molar-refractivity contribution in [1.29, 1.82) is 0 Å². The fourth-order valence-electron chi connectivity index (χ4n) is 3.25. The summed E-state index contributed by atoms with van der Waals surface area (Å²) < 4.78 is 5.86. The van der Waals surface area contributed by atoms with E-state index in [0.717, 1.165) is 17.7 Å². The van der Waals surface area contributed by atoms with Crippen LogP contribution in [0.15, 0.2) is 63.9 Å². The van der Waals surface area contributed by atoms with Crippen LogP contribution < -0.4 is 10.6 Å². The zero-order valence-electron chi connectivity index (χ0n) is 17.0. The van der Waals surface area contributed by atoms with Gasteiger partial charge in [-0.25, -0.2) is 0 Å². The first-order valence-electron chi connectivity index (χ1n) is 9.83. The molecule has 2 heterocycles. The molecule has 1 aromatic heterocycles. The van der Waals surface area contributed by atoms with Crippen LogP contribution in [-0.4, -0.2) is 16.3 Å². The van der Waals surface area contributed by atoms with Crippen LogP contribution in [0.4, 0.5) is 11.4 Å². The van der Waals surface area contributed by atoms with E-state index in [0.29, 0.717) is 22.0 Å². The van der Waals surface area contributed by atoms with Crippen LogP contribution in [-0.2, 0) is 11.2 Å². The van der Waals surface area contributed by atoms with E-state index >= 15 is 0 Å². The topological polar surface area (TPSA) is 97.4 Å². The van der Waals surface area contributed by atoms with Gasteiger partial charge in [-0.3, -0.25) is 14.9 Å². The molecule has 1 saturated heterocycles. The van der Waals surface area contributed by atoms with Gasteiger partial charge in [0, 0.05) is 29.5 Å². The standard InChI is InChI=1S/C23H21N3O4S/c1-3-15-5-7-16(8-6-15)24-23-25-22(27)21(31-23)13-18-10-11-20(30-18)19-12-17(26(28)29)9-4-14(19)2/h4-13,23-24H,3H2,1-2H3,(H,25,27)/b21-13-/t23-/m0/s1. The van der Waals surface area contributed by atoms with Crippen molar-refractivity contribution < 1.29 is 14.1 Å². The lowest BCUT2D eigenvalue weighted by Gasteiger charge is -2.12. The van der Waals surface area contributed by atoms with Crippen LogP contribution in [0.2, 0.25) is 0 Å². The van der Waals surface area contributed by atoms with E-state index in [1.165, 1.54) is 29.5 Å². The van der Waals surface area contributed by atoms with E-state index in [-0.39, 0.29) is 17.1 Å². The SMILES string of the molecule is CCc1ccc(N[C@H]2NC(=O)/C(=C/c3ccc(-c4cc([N+](=O)[O-])ccc4C)o3)S2)cc1. The van der Waals surface area contributed by atoms with Crippen LogP contribution in [0.1, 0.15) is 23.8 Å². The highest BCUT2D eigenvalue weighted by atomic mass is 32.2. The first-order valence-corrected chi connectivity index (χ1v) is 10.7. The maximum atomic E-state index is 12.4. The van der Waals surface area contributed by atoms with E-state index < -0.39 is 4.92 Å². The van der Waals surface area contributed by atoms with E-state index in [1.807, 2.05) is 19.1 Å². The van der Waals surface area contributed by atoms with E-state index in [4.69, 9.17) is 4.42 Å². The third-order valence-electron chi connectivity index (χ3n) is 4.99. The number of amides is 1. The maximum absolute atomic E-state index is 12.4. The molecule has 0 bridgehead atoms. The Morgan fingerprint density at radius 1 is 1.19 bits per heavy atom. The quantitative estimate of drug-likeness (QED) is 0.309. The van der Waals surface area contributed by atoms with Gasteiger partial charge in [-0.15, -0.1) is 0 Å². The molecular formula is C23H21N3O4S. The molecule has 0 aliphatic carbocycles. The number of thioether (sulfide) groups is 1. The highest BCUT2D eigenvalue weighted by molar-refractivity contribution is 8.05. The Morgan fingerprint density at radius 2 is 1.97 bits per heavy atom. The molecule has 1 amide bonds. The summed E-state index contributed by atoms with van der Waals surface area (Å²) in [5.41, 5.74) is 3.42. The number of benzene rings is 2. The molecule has 158 valence electrons. The van der Waals surface area contributed by atoms with Crippen molar-refractivity contribution in [1.82, 2.24) is 5.32 Å². The number of hydrogen-bond donors (Lipinski definition) is 2. The number of aryl methyl sites for hydroxylation is 2. The number of anilines is 1. The monoisotopic (exact) mass is 435 g/mol. The smallest absolute Gasteiger partial charge is 0.270 e. The molecular weight excluding hydrogens is 414 g/mol. The summed E-state index contributed by atoms with van der Waals surface area (Å²) in [6.45, 7) is 3.97. The zero-order chi connectivity index (χ0) is 22.0. The molecule has 1 aliphatic heterocycles. The third-order valence-corrected chi connectivity index (χ3v) is 6.02. The normalized spacial score (nSPS) is 17.0. The number of nitro benzene ring substituents is 1. The molecule has 2 aromatic carbocycles. The van der Waals surface area contributed by atoms with E-state index in [9.17, 15) is 14.9 Å². The second kappa shape index (κ2) is 8.69. The largest absolute Gasteiger partial charge is 0.457 e. The van der Waals surface area contributed by atoms with Crippen molar-refractivity contribution in [2.75, 3.05) is 5.32 Å². The number of hydrogen-bond acceptors (Lipinski definition) is 6. The fraction of sp³-hybridized carbons (Fsp3) is 0.174. The number of nitrogens with zero attached hydrogens (tertiary/aromatic N) is 1. The first kappa shape index (κ1) is 20.7. The number of nitro groups is 1. The molecule has 7 nitrogen and oxygen atoms in total. The fourth-order valence-corrected chi connectivity index (χ4v) is 4.21. The predicted octanol–water partition coefficient (Wildman–Crippen LogP) is 5.33. The van der Waals surface area contributed by atoms with Crippen LogP contribution >= 0.6 is 11.8 Å². The van der Waals surface area contributed by atoms with Crippen LogP contribution in [0.5, 0.6) is 0 Å². The number of carbonyl (C=O) groups excluding carboxylic acids is 1. The summed E-state index contributed by atoms with van der Waals surface area (Å²) in [7, 11) is 0. The molecule has 1 atom stereocenters. The van der Waals surface area contributed by atoms with Gasteiger partial charge in [-0.2, -0.15) is 0 Å². The lowest BCUT2D eigenvalue weighted by molar-refractivity contribution is -0.384. The Kier molecular flexibility index (Phi) is 5.81. The Hall–Kier alpha value is -3.52. The van der Waals surface area contributed by atoms with Crippen LogP contribution in [0.25, 0.3) is 17.4 Å². The van der Waals surface area contributed by atoms with Gasteiger partial charge in [0.2, 0.25) is 0 Å².